The van der Waals surface area contributed by atoms with Crippen molar-refractivity contribution in [1.82, 2.24) is 9.21 Å². The average molecular weight is 219 g/mol. The van der Waals surface area contributed by atoms with Gasteiger partial charge in [-0.25, -0.2) is 5.14 Å². The maximum atomic E-state index is 11.1. The number of carbonyl (C=O) groups excluding carboxylic acids is 1. The highest BCUT2D eigenvalue weighted by Gasteiger charge is 2.25. The van der Waals surface area contributed by atoms with Crippen molar-refractivity contribution in [3.63, 3.8) is 0 Å². The predicted octanol–water partition coefficient (Wildman–Crippen LogP) is -1.48. The molecule has 0 radical (unpaired) electrons. The third kappa shape index (κ3) is 2.53. The Hall–Kier alpha value is -0.920. The second kappa shape index (κ2) is 4.07. The summed E-state index contributed by atoms with van der Waals surface area (Å²) in [5.74, 6) is -0.181. The van der Waals surface area contributed by atoms with E-state index in [1.54, 1.807) is 0 Å². The van der Waals surface area contributed by atoms with E-state index in [-0.39, 0.29) is 19.0 Å². The van der Waals surface area contributed by atoms with Gasteiger partial charge in [-0.15, -0.1) is 0 Å². The maximum absolute atomic E-state index is 11.1. The van der Waals surface area contributed by atoms with E-state index in [0.29, 0.717) is 13.1 Å². The van der Waals surface area contributed by atoms with Crippen molar-refractivity contribution in [1.29, 1.82) is 0 Å². The Morgan fingerprint density at radius 2 is 1.79 bits per heavy atom. The Bertz CT molecular complexity index is 330. The lowest BCUT2D eigenvalue weighted by Gasteiger charge is -2.32. The molecule has 0 aromatic heterocycles. The molecule has 0 atom stereocenters. The molecule has 2 N–H and O–H groups in total. The lowest BCUT2D eigenvalue weighted by molar-refractivity contribution is -0.127. The molecule has 0 saturated carbocycles. The summed E-state index contributed by atoms with van der Waals surface area (Å²) in [7, 11) is -3.61. The fourth-order valence-electron chi connectivity index (χ4n) is 1.29. The molecule has 1 rings (SSSR count). The van der Waals surface area contributed by atoms with E-state index in [0.717, 1.165) is 4.31 Å². The summed E-state index contributed by atoms with van der Waals surface area (Å²) in [4.78, 5) is 12.7. The van der Waals surface area contributed by atoms with Crippen molar-refractivity contribution in [2.75, 3.05) is 26.2 Å². The molecule has 1 amide bonds. The molecule has 0 aliphatic carbocycles. The SMILES string of the molecule is C=CC(=O)N1CCN(S(N)(=O)=O)CC1. The summed E-state index contributed by atoms with van der Waals surface area (Å²) in [6.45, 7) is 4.58. The van der Waals surface area contributed by atoms with Gasteiger partial charge >= 0.3 is 0 Å². The first-order valence-electron chi connectivity index (χ1n) is 4.14. The molecule has 80 valence electrons. The first kappa shape index (κ1) is 11.2. The van der Waals surface area contributed by atoms with Gasteiger partial charge in [-0.2, -0.15) is 12.7 Å². The van der Waals surface area contributed by atoms with Crippen molar-refractivity contribution in [3.05, 3.63) is 12.7 Å². The van der Waals surface area contributed by atoms with E-state index in [1.807, 2.05) is 0 Å². The molecule has 0 unspecified atom stereocenters. The lowest BCUT2D eigenvalue weighted by atomic mass is 10.3. The summed E-state index contributed by atoms with van der Waals surface area (Å²) < 4.78 is 23.0. The summed E-state index contributed by atoms with van der Waals surface area (Å²) in [6, 6.07) is 0. The van der Waals surface area contributed by atoms with Crippen molar-refractivity contribution in [2.45, 2.75) is 0 Å². The zero-order chi connectivity index (χ0) is 10.8. The Balaban J connectivity index is 2.55. The van der Waals surface area contributed by atoms with Gasteiger partial charge in [0, 0.05) is 26.2 Å². The predicted molar refractivity (Wildman–Crippen MR) is 51.5 cm³/mol. The molecule has 1 aliphatic heterocycles. The fraction of sp³-hybridized carbons (Fsp3) is 0.571. The minimum atomic E-state index is -3.61. The average Bonchev–Trinajstić information content (AvgIpc) is 2.15. The lowest BCUT2D eigenvalue weighted by Crippen LogP contribution is -2.51. The van der Waals surface area contributed by atoms with Crippen LogP contribution in [0.1, 0.15) is 0 Å². The third-order valence-corrected chi connectivity index (χ3v) is 3.17. The zero-order valence-corrected chi connectivity index (χ0v) is 8.53. The Kier molecular flexibility index (Phi) is 3.25. The molecular formula is C7H13N3O3S. The van der Waals surface area contributed by atoms with Gasteiger partial charge in [-0.3, -0.25) is 4.79 Å². The van der Waals surface area contributed by atoms with Crippen LogP contribution in [0.3, 0.4) is 0 Å². The Labute approximate surface area is 83.2 Å². The normalized spacial score (nSPS) is 19.4. The van der Waals surface area contributed by atoms with E-state index in [1.165, 1.54) is 11.0 Å². The molecule has 6 nitrogen and oxygen atoms in total. The van der Waals surface area contributed by atoms with E-state index in [9.17, 15) is 13.2 Å². The molecule has 0 aromatic carbocycles. The standard InChI is InChI=1S/C7H13N3O3S/c1-2-7(11)9-3-5-10(6-4-9)14(8,12)13/h2H,1,3-6H2,(H2,8,12,13). The van der Waals surface area contributed by atoms with Crippen LogP contribution in [0.5, 0.6) is 0 Å². The molecule has 0 bridgehead atoms. The van der Waals surface area contributed by atoms with Gasteiger partial charge in [0.1, 0.15) is 0 Å². The Morgan fingerprint density at radius 1 is 1.29 bits per heavy atom. The quantitative estimate of drug-likeness (QED) is 0.575. The molecule has 14 heavy (non-hydrogen) atoms. The Morgan fingerprint density at radius 3 is 2.14 bits per heavy atom. The molecule has 1 aliphatic rings. The first-order valence-corrected chi connectivity index (χ1v) is 5.64. The van der Waals surface area contributed by atoms with Crippen molar-refractivity contribution < 1.29 is 13.2 Å². The summed E-state index contributed by atoms with van der Waals surface area (Å²) in [5, 5.41) is 4.94. The van der Waals surface area contributed by atoms with Crippen molar-refractivity contribution in [2.24, 2.45) is 5.14 Å². The number of hydrogen-bond donors (Lipinski definition) is 1. The van der Waals surface area contributed by atoms with Crippen LogP contribution < -0.4 is 5.14 Å². The highest BCUT2D eigenvalue weighted by atomic mass is 32.2. The van der Waals surface area contributed by atoms with E-state index in [2.05, 4.69) is 6.58 Å². The highest BCUT2D eigenvalue weighted by Crippen LogP contribution is 2.04. The van der Waals surface area contributed by atoms with Gasteiger partial charge in [0.05, 0.1) is 0 Å². The van der Waals surface area contributed by atoms with E-state index in [4.69, 9.17) is 5.14 Å². The van der Waals surface area contributed by atoms with Gasteiger partial charge in [0.25, 0.3) is 10.2 Å². The highest BCUT2D eigenvalue weighted by molar-refractivity contribution is 7.86. The minimum Gasteiger partial charge on any atom is -0.337 e. The number of carbonyl (C=O) groups is 1. The minimum absolute atomic E-state index is 0.181. The second-order valence-corrected chi connectivity index (χ2v) is 4.52. The third-order valence-electron chi connectivity index (χ3n) is 2.08. The van der Waals surface area contributed by atoms with Gasteiger partial charge in [-0.05, 0) is 6.08 Å². The second-order valence-electron chi connectivity index (χ2n) is 2.97. The van der Waals surface area contributed by atoms with Gasteiger partial charge in [0.15, 0.2) is 0 Å². The van der Waals surface area contributed by atoms with Gasteiger partial charge in [-0.1, -0.05) is 6.58 Å². The summed E-state index contributed by atoms with van der Waals surface area (Å²) in [6.07, 6.45) is 1.21. The number of piperazine rings is 1. The van der Waals surface area contributed by atoms with E-state index >= 15 is 0 Å². The monoisotopic (exact) mass is 219 g/mol. The van der Waals surface area contributed by atoms with Crippen LogP contribution in [0.4, 0.5) is 0 Å². The fourth-order valence-corrected chi connectivity index (χ4v) is 1.96. The van der Waals surface area contributed by atoms with Crippen molar-refractivity contribution in [3.8, 4) is 0 Å². The van der Waals surface area contributed by atoms with Crippen LogP contribution in [0, 0.1) is 0 Å². The molecule has 0 spiro atoms. The molecule has 7 heteroatoms. The maximum Gasteiger partial charge on any atom is 0.277 e. The zero-order valence-electron chi connectivity index (χ0n) is 7.72. The smallest absolute Gasteiger partial charge is 0.277 e. The van der Waals surface area contributed by atoms with Crippen molar-refractivity contribution >= 4 is 16.1 Å². The number of nitrogens with zero attached hydrogens (tertiary/aromatic N) is 2. The van der Waals surface area contributed by atoms with Gasteiger partial charge < -0.3 is 4.90 Å². The molecule has 1 heterocycles. The molecule has 0 aromatic rings. The topological polar surface area (TPSA) is 83.7 Å². The summed E-state index contributed by atoms with van der Waals surface area (Å²) >= 11 is 0. The van der Waals surface area contributed by atoms with Crippen LogP contribution in [0.2, 0.25) is 0 Å². The first-order chi connectivity index (χ1) is 6.45. The number of nitrogens with two attached hydrogens (primary N) is 1. The van der Waals surface area contributed by atoms with Crippen LogP contribution in [-0.4, -0.2) is 49.7 Å². The van der Waals surface area contributed by atoms with Crippen LogP contribution in [0.25, 0.3) is 0 Å². The summed E-state index contributed by atoms with van der Waals surface area (Å²) in [5.41, 5.74) is 0. The number of amides is 1. The van der Waals surface area contributed by atoms with Crippen LogP contribution in [0.15, 0.2) is 12.7 Å². The molecular weight excluding hydrogens is 206 g/mol. The van der Waals surface area contributed by atoms with Crippen LogP contribution >= 0.6 is 0 Å². The number of rotatable bonds is 2. The molecule has 1 fully saturated rings. The molecule has 1 saturated heterocycles. The number of hydrogen-bond acceptors (Lipinski definition) is 3. The van der Waals surface area contributed by atoms with E-state index < -0.39 is 10.2 Å². The largest absolute Gasteiger partial charge is 0.337 e. The van der Waals surface area contributed by atoms with Crippen LogP contribution in [-0.2, 0) is 15.0 Å². The van der Waals surface area contributed by atoms with Gasteiger partial charge in [0.2, 0.25) is 5.91 Å².